The summed E-state index contributed by atoms with van der Waals surface area (Å²) in [4.78, 5) is 0. The standard InChI is InChI=1S/C13H28O2Si/c1-11-10-12(6-7-13(11)14-2)8-9-16(4,5)15-3/h11-13H,6-10H2,1-5H3. The maximum atomic E-state index is 5.61. The molecule has 3 heteroatoms. The molecule has 2 nitrogen and oxygen atoms in total. The zero-order valence-corrected chi connectivity index (χ0v) is 12.6. The van der Waals surface area contributed by atoms with Gasteiger partial charge in [-0.3, -0.25) is 0 Å². The minimum Gasteiger partial charge on any atom is -0.420 e. The van der Waals surface area contributed by atoms with E-state index in [1.54, 1.807) is 0 Å². The fourth-order valence-corrected chi connectivity index (χ4v) is 4.05. The lowest BCUT2D eigenvalue weighted by Gasteiger charge is -2.34. The van der Waals surface area contributed by atoms with Gasteiger partial charge in [-0.25, -0.2) is 0 Å². The molecule has 0 spiro atoms. The third-order valence-electron chi connectivity index (χ3n) is 4.21. The van der Waals surface area contributed by atoms with Crippen LogP contribution in [0.5, 0.6) is 0 Å². The van der Waals surface area contributed by atoms with Gasteiger partial charge in [0, 0.05) is 14.2 Å². The van der Waals surface area contributed by atoms with Gasteiger partial charge in [0.2, 0.25) is 0 Å². The molecule has 0 amide bonds. The lowest BCUT2D eigenvalue weighted by atomic mass is 9.79. The molecular weight excluding hydrogens is 216 g/mol. The minimum absolute atomic E-state index is 0.504. The normalized spacial score (nSPS) is 31.7. The monoisotopic (exact) mass is 244 g/mol. The van der Waals surface area contributed by atoms with Crippen LogP contribution in [0.4, 0.5) is 0 Å². The maximum Gasteiger partial charge on any atom is 0.186 e. The minimum atomic E-state index is -1.34. The van der Waals surface area contributed by atoms with Crippen LogP contribution in [0, 0.1) is 11.8 Å². The second-order valence-electron chi connectivity index (χ2n) is 5.93. The molecule has 0 N–H and O–H groups in total. The van der Waals surface area contributed by atoms with Crippen LogP contribution in [0.15, 0.2) is 0 Å². The molecular formula is C13H28O2Si. The van der Waals surface area contributed by atoms with E-state index in [1.165, 1.54) is 31.7 Å². The van der Waals surface area contributed by atoms with Crippen molar-refractivity contribution in [1.29, 1.82) is 0 Å². The number of hydrogen-bond donors (Lipinski definition) is 0. The first kappa shape index (κ1) is 14.2. The number of ether oxygens (including phenoxy) is 1. The molecule has 96 valence electrons. The van der Waals surface area contributed by atoms with Crippen molar-refractivity contribution in [2.24, 2.45) is 11.8 Å². The summed E-state index contributed by atoms with van der Waals surface area (Å²) in [7, 11) is 2.38. The maximum absolute atomic E-state index is 5.61. The Labute approximate surface area is 102 Å². The van der Waals surface area contributed by atoms with Gasteiger partial charge in [0.15, 0.2) is 8.32 Å². The number of rotatable bonds is 5. The molecule has 1 saturated carbocycles. The summed E-state index contributed by atoms with van der Waals surface area (Å²) in [5.74, 6) is 1.64. The third kappa shape index (κ3) is 4.19. The average molecular weight is 244 g/mol. The summed E-state index contributed by atoms with van der Waals surface area (Å²) in [5, 5.41) is 0. The summed E-state index contributed by atoms with van der Waals surface area (Å²) in [6, 6.07) is 1.30. The van der Waals surface area contributed by atoms with E-state index >= 15 is 0 Å². The lowest BCUT2D eigenvalue weighted by Crippen LogP contribution is -2.32. The predicted molar refractivity (Wildman–Crippen MR) is 71.2 cm³/mol. The molecule has 3 unspecified atom stereocenters. The van der Waals surface area contributed by atoms with Crippen molar-refractivity contribution in [3.05, 3.63) is 0 Å². The van der Waals surface area contributed by atoms with E-state index in [4.69, 9.17) is 9.16 Å². The Hall–Kier alpha value is 0.137. The molecule has 1 rings (SSSR count). The molecule has 0 heterocycles. The van der Waals surface area contributed by atoms with Gasteiger partial charge in [-0.2, -0.15) is 0 Å². The van der Waals surface area contributed by atoms with E-state index in [1.807, 2.05) is 14.2 Å². The topological polar surface area (TPSA) is 18.5 Å². The van der Waals surface area contributed by atoms with E-state index in [-0.39, 0.29) is 0 Å². The molecule has 0 radical (unpaired) electrons. The first-order valence-electron chi connectivity index (χ1n) is 6.56. The molecule has 0 aromatic heterocycles. The van der Waals surface area contributed by atoms with Crippen LogP contribution in [-0.4, -0.2) is 28.6 Å². The quantitative estimate of drug-likeness (QED) is 0.687. The van der Waals surface area contributed by atoms with Gasteiger partial charge < -0.3 is 9.16 Å². The van der Waals surface area contributed by atoms with Gasteiger partial charge in [0.1, 0.15) is 0 Å². The Bertz CT molecular complexity index is 206. The van der Waals surface area contributed by atoms with Gasteiger partial charge in [-0.05, 0) is 50.2 Å². The number of methoxy groups -OCH3 is 1. The first-order chi connectivity index (χ1) is 7.48. The molecule has 0 aromatic rings. The van der Waals surface area contributed by atoms with Crippen LogP contribution in [-0.2, 0) is 9.16 Å². The van der Waals surface area contributed by atoms with Crippen molar-refractivity contribution in [3.8, 4) is 0 Å². The zero-order chi connectivity index (χ0) is 12.2. The van der Waals surface area contributed by atoms with Crippen molar-refractivity contribution in [3.63, 3.8) is 0 Å². The Morgan fingerprint density at radius 2 is 1.88 bits per heavy atom. The van der Waals surface area contributed by atoms with Gasteiger partial charge in [-0.1, -0.05) is 13.3 Å². The fourth-order valence-electron chi connectivity index (χ4n) is 2.75. The van der Waals surface area contributed by atoms with Crippen molar-refractivity contribution in [2.75, 3.05) is 14.2 Å². The van der Waals surface area contributed by atoms with Crippen molar-refractivity contribution >= 4 is 8.32 Å². The van der Waals surface area contributed by atoms with Crippen LogP contribution in [0.2, 0.25) is 19.1 Å². The Balaban J connectivity index is 2.30. The van der Waals surface area contributed by atoms with Gasteiger partial charge >= 0.3 is 0 Å². The highest BCUT2D eigenvalue weighted by atomic mass is 28.4. The van der Waals surface area contributed by atoms with E-state index in [2.05, 4.69) is 20.0 Å². The Kier molecular flexibility index (Phi) is 5.48. The largest absolute Gasteiger partial charge is 0.420 e. The predicted octanol–water partition coefficient (Wildman–Crippen LogP) is 3.68. The Morgan fingerprint density at radius 3 is 2.38 bits per heavy atom. The van der Waals surface area contributed by atoms with E-state index in [0.29, 0.717) is 6.10 Å². The van der Waals surface area contributed by atoms with E-state index in [9.17, 15) is 0 Å². The second-order valence-corrected chi connectivity index (χ2v) is 10.4. The average Bonchev–Trinajstić information content (AvgIpc) is 2.27. The molecule has 16 heavy (non-hydrogen) atoms. The molecule has 1 fully saturated rings. The van der Waals surface area contributed by atoms with Crippen LogP contribution < -0.4 is 0 Å². The summed E-state index contributed by atoms with van der Waals surface area (Å²) in [5.41, 5.74) is 0. The summed E-state index contributed by atoms with van der Waals surface area (Å²) in [6.45, 7) is 6.97. The molecule has 0 aromatic carbocycles. The smallest absolute Gasteiger partial charge is 0.186 e. The molecule has 1 aliphatic rings. The zero-order valence-electron chi connectivity index (χ0n) is 11.6. The second kappa shape index (κ2) is 6.17. The molecule has 1 aliphatic carbocycles. The van der Waals surface area contributed by atoms with Crippen LogP contribution >= 0.6 is 0 Å². The SMILES string of the molecule is COC1CCC(CC[Si](C)(C)OC)CC1C. The summed E-state index contributed by atoms with van der Waals surface area (Å²) >= 11 is 0. The fraction of sp³-hybridized carbons (Fsp3) is 1.00. The van der Waals surface area contributed by atoms with Crippen LogP contribution in [0.25, 0.3) is 0 Å². The van der Waals surface area contributed by atoms with E-state index < -0.39 is 8.32 Å². The molecule has 3 atom stereocenters. The van der Waals surface area contributed by atoms with Crippen molar-refractivity contribution in [2.45, 2.75) is 57.8 Å². The van der Waals surface area contributed by atoms with Crippen LogP contribution in [0.3, 0.4) is 0 Å². The first-order valence-corrected chi connectivity index (χ1v) is 9.68. The Morgan fingerprint density at radius 1 is 1.19 bits per heavy atom. The molecule has 0 aliphatic heterocycles. The van der Waals surface area contributed by atoms with Gasteiger partial charge in [0.25, 0.3) is 0 Å². The third-order valence-corrected chi connectivity index (χ3v) is 6.81. The van der Waals surface area contributed by atoms with Crippen molar-refractivity contribution < 1.29 is 9.16 Å². The van der Waals surface area contributed by atoms with Gasteiger partial charge in [0.05, 0.1) is 6.10 Å². The van der Waals surface area contributed by atoms with Gasteiger partial charge in [-0.15, -0.1) is 0 Å². The highest BCUT2D eigenvalue weighted by Gasteiger charge is 2.29. The summed E-state index contributed by atoms with van der Waals surface area (Å²) in [6.07, 6.45) is 5.79. The number of hydrogen-bond acceptors (Lipinski definition) is 2. The van der Waals surface area contributed by atoms with E-state index in [0.717, 1.165) is 11.8 Å². The van der Waals surface area contributed by atoms with Crippen LogP contribution in [0.1, 0.15) is 32.6 Å². The highest BCUT2D eigenvalue weighted by molar-refractivity contribution is 6.71. The molecule has 0 saturated heterocycles. The highest BCUT2D eigenvalue weighted by Crippen LogP contribution is 2.34. The molecule has 0 bridgehead atoms. The lowest BCUT2D eigenvalue weighted by molar-refractivity contribution is 0.0147. The van der Waals surface area contributed by atoms with Crippen molar-refractivity contribution in [1.82, 2.24) is 0 Å². The summed E-state index contributed by atoms with van der Waals surface area (Å²) < 4.78 is 11.1.